The van der Waals surface area contributed by atoms with E-state index in [1.54, 1.807) is 0 Å². The van der Waals surface area contributed by atoms with Crippen LogP contribution in [0.4, 0.5) is 0 Å². The molecule has 4 heteroatoms. The Balaban J connectivity index is 3.02. The summed E-state index contributed by atoms with van der Waals surface area (Å²) in [6.45, 7) is 0. The zero-order valence-electron chi connectivity index (χ0n) is 2.45. The van der Waals surface area contributed by atoms with E-state index in [1.807, 2.05) is 0 Å². The highest BCUT2D eigenvalue weighted by Crippen LogP contribution is 1.72. The Labute approximate surface area is 41.0 Å². The smallest absolute Gasteiger partial charge is 0.0579 e. The summed E-state index contributed by atoms with van der Waals surface area (Å²) in [6, 6.07) is 0. The van der Waals surface area contributed by atoms with Crippen LogP contribution in [0, 0.1) is 0 Å². The minimum Gasteiger partial charge on any atom is -0.402 e. The van der Waals surface area contributed by atoms with Gasteiger partial charge in [0.25, 0.3) is 0 Å². The minimum atomic E-state index is -1.08. The summed E-state index contributed by atoms with van der Waals surface area (Å²) in [5.41, 5.74) is 0. The van der Waals surface area contributed by atoms with Gasteiger partial charge in [-0.2, -0.15) is 0 Å². The number of hydrogen-bond donors (Lipinski definition) is 1. The minimum absolute atomic E-state index is 1.08. The van der Waals surface area contributed by atoms with Crippen molar-refractivity contribution in [2.75, 3.05) is 0 Å². The number of hydrogen-bond acceptors (Lipinski definition) is 1. The summed E-state index contributed by atoms with van der Waals surface area (Å²) in [5, 5.41) is 8.26. The monoisotopic (exact) mass is 113 g/mol. The van der Waals surface area contributed by atoms with E-state index in [0.29, 0.717) is 0 Å². The quantitative estimate of drug-likeness (QED) is 0.364. The molecule has 0 aliphatic heterocycles. The van der Waals surface area contributed by atoms with Crippen molar-refractivity contribution in [3.05, 3.63) is 0 Å². The van der Waals surface area contributed by atoms with Gasteiger partial charge in [-0.25, -0.2) is 0 Å². The second-order valence-corrected chi connectivity index (χ2v) is 4.38. The molecule has 0 spiro atoms. The van der Waals surface area contributed by atoms with Crippen LogP contribution in [0.2, 0.25) is 0 Å². The van der Waals surface area contributed by atoms with Crippen LogP contribution in [0.5, 0.6) is 0 Å². The molecule has 0 heterocycles. The summed E-state index contributed by atoms with van der Waals surface area (Å²) in [6.07, 6.45) is 0. The molecule has 9 radical (unpaired) electrons. The lowest BCUT2D eigenvalue weighted by molar-refractivity contribution is 0.294. The van der Waals surface area contributed by atoms with Gasteiger partial charge in [-0.05, 0) is 0 Å². The standard InChI is InChI=1S/CHOSi3/c2-1(3,4)5/h2H. The Morgan fingerprint density at radius 2 is 1.20 bits per heavy atom. The van der Waals surface area contributed by atoms with Crippen molar-refractivity contribution < 1.29 is 5.11 Å². The first-order chi connectivity index (χ1) is 2.00. The van der Waals surface area contributed by atoms with Crippen molar-refractivity contribution in [2.24, 2.45) is 0 Å². The van der Waals surface area contributed by atoms with E-state index < -0.39 is 4.47 Å². The lowest BCUT2D eigenvalue weighted by Crippen LogP contribution is -2.28. The molecule has 1 nitrogen and oxygen atoms in total. The lowest BCUT2D eigenvalue weighted by atomic mass is 11.6. The highest BCUT2D eigenvalue weighted by molar-refractivity contribution is 6.57. The predicted octanol–water partition coefficient (Wildman–Crippen LogP) is -1.90. The third-order valence-corrected chi connectivity index (χ3v) is 0. The van der Waals surface area contributed by atoms with Crippen LogP contribution in [-0.4, -0.2) is 40.3 Å². The molecule has 23 valence electrons. The topological polar surface area (TPSA) is 20.2 Å². The summed E-state index contributed by atoms with van der Waals surface area (Å²) in [5.74, 6) is 0. The van der Waals surface area contributed by atoms with Crippen LogP contribution in [0.15, 0.2) is 0 Å². The molecule has 0 amide bonds. The lowest BCUT2D eigenvalue weighted by Gasteiger charge is -2.03. The molecule has 0 bridgehead atoms. The maximum absolute atomic E-state index is 8.26. The fourth-order valence-corrected chi connectivity index (χ4v) is 0. The summed E-state index contributed by atoms with van der Waals surface area (Å²) in [4.78, 5) is 0. The number of rotatable bonds is 0. The Morgan fingerprint density at radius 3 is 1.20 bits per heavy atom. The summed E-state index contributed by atoms with van der Waals surface area (Å²) >= 11 is 0. The van der Waals surface area contributed by atoms with Gasteiger partial charge in [0.05, 0.1) is 30.7 Å². The molecule has 0 fully saturated rings. The van der Waals surface area contributed by atoms with E-state index in [-0.39, 0.29) is 0 Å². The van der Waals surface area contributed by atoms with E-state index in [0.717, 1.165) is 0 Å². The molecule has 0 aliphatic rings. The second kappa shape index (κ2) is 1.38. The van der Waals surface area contributed by atoms with Gasteiger partial charge in [-0.15, -0.1) is 0 Å². The normalized spacial score (nSPS) is 12.0. The molecule has 5 heavy (non-hydrogen) atoms. The van der Waals surface area contributed by atoms with E-state index in [4.69, 9.17) is 5.11 Å². The van der Waals surface area contributed by atoms with E-state index in [9.17, 15) is 0 Å². The molecule has 0 unspecified atom stereocenters. The summed E-state index contributed by atoms with van der Waals surface area (Å²) in [7, 11) is 8.41. The Bertz CT molecular complexity index is 22.4. The van der Waals surface area contributed by atoms with Gasteiger partial charge in [-0.3, -0.25) is 0 Å². The third-order valence-electron chi connectivity index (χ3n) is 0. The molecule has 0 rings (SSSR count). The van der Waals surface area contributed by atoms with Crippen molar-refractivity contribution >= 4 is 30.7 Å². The number of aliphatic hydroxyl groups is 1. The van der Waals surface area contributed by atoms with E-state index >= 15 is 0 Å². The van der Waals surface area contributed by atoms with Gasteiger partial charge >= 0.3 is 0 Å². The van der Waals surface area contributed by atoms with Crippen molar-refractivity contribution in [3.8, 4) is 0 Å². The second-order valence-electron chi connectivity index (χ2n) is 0.710. The van der Waals surface area contributed by atoms with Crippen molar-refractivity contribution in [1.29, 1.82) is 0 Å². The molecule has 0 aromatic rings. The van der Waals surface area contributed by atoms with Gasteiger partial charge in [0, 0.05) is 4.47 Å². The van der Waals surface area contributed by atoms with Gasteiger partial charge in [0.15, 0.2) is 0 Å². The fourth-order valence-electron chi connectivity index (χ4n) is 0. The van der Waals surface area contributed by atoms with Gasteiger partial charge in [-0.1, -0.05) is 0 Å². The highest BCUT2D eigenvalue weighted by Gasteiger charge is 1.99. The Kier molecular flexibility index (Phi) is 1.54. The van der Waals surface area contributed by atoms with Crippen molar-refractivity contribution in [1.82, 2.24) is 0 Å². The predicted molar refractivity (Wildman–Crippen MR) is 22.2 cm³/mol. The van der Waals surface area contributed by atoms with Crippen LogP contribution >= 0.6 is 0 Å². The molecule has 0 atom stereocenters. The maximum Gasteiger partial charge on any atom is 0.0579 e. The van der Waals surface area contributed by atoms with E-state index in [1.165, 1.54) is 0 Å². The molecular formula is CHOSi3. The molecule has 0 aromatic carbocycles. The molecule has 0 saturated heterocycles. The van der Waals surface area contributed by atoms with E-state index in [2.05, 4.69) is 30.7 Å². The van der Waals surface area contributed by atoms with Crippen LogP contribution in [-0.2, 0) is 0 Å². The first kappa shape index (κ1) is 5.61. The SMILES string of the molecule is OC([Si])([Si])[Si]. The molecule has 0 saturated carbocycles. The molecule has 1 N–H and O–H groups in total. The van der Waals surface area contributed by atoms with Gasteiger partial charge in [0.1, 0.15) is 0 Å². The van der Waals surface area contributed by atoms with Crippen LogP contribution < -0.4 is 0 Å². The van der Waals surface area contributed by atoms with Crippen LogP contribution in [0.25, 0.3) is 0 Å². The van der Waals surface area contributed by atoms with Crippen molar-refractivity contribution in [3.63, 3.8) is 0 Å². The largest absolute Gasteiger partial charge is 0.402 e. The zero-order chi connectivity index (χ0) is 4.50. The van der Waals surface area contributed by atoms with Gasteiger partial charge < -0.3 is 5.11 Å². The maximum atomic E-state index is 8.26. The van der Waals surface area contributed by atoms with Gasteiger partial charge in [0.2, 0.25) is 0 Å². The summed E-state index contributed by atoms with van der Waals surface area (Å²) < 4.78 is -1.08. The average Bonchev–Trinajstić information content (AvgIpc) is 0.722. The third kappa shape index (κ3) is 84.3. The first-order valence-electron chi connectivity index (χ1n) is 0.974. The Morgan fingerprint density at radius 1 is 1.20 bits per heavy atom. The van der Waals surface area contributed by atoms with Crippen molar-refractivity contribution in [2.45, 2.75) is 4.47 Å². The molecule has 0 aliphatic carbocycles. The first-order valence-corrected chi connectivity index (χ1v) is 2.47. The zero-order valence-corrected chi connectivity index (χ0v) is 5.45. The average molecular weight is 113 g/mol. The Hall–Kier alpha value is 0.611. The molecule has 0 aromatic heterocycles. The highest BCUT2D eigenvalue weighted by atomic mass is 28.3. The molecular weight excluding hydrogens is 112 g/mol. The fraction of sp³-hybridized carbons (Fsp3) is 1.00. The van der Waals surface area contributed by atoms with Crippen LogP contribution in [0.1, 0.15) is 0 Å². The van der Waals surface area contributed by atoms with Crippen LogP contribution in [0.3, 0.4) is 0 Å².